The van der Waals surface area contributed by atoms with Crippen molar-refractivity contribution in [1.82, 2.24) is 15.0 Å². The van der Waals surface area contributed by atoms with Crippen LogP contribution in [0.5, 0.6) is 0 Å². The standard InChI is InChI=1S/C11H14N6O2S/c1-2-7-5-14-9(20-7)3-4-13-11-15-6-8(17(18)19)10(12)16-11/h5-6H,2-4H2,1H3,(H3,12,13,15,16). The Balaban J connectivity index is 1.91. The lowest BCUT2D eigenvalue weighted by Gasteiger charge is -2.03. The first-order valence-electron chi connectivity index (χ1n) is 6.04. The summed E-state index contributed by atoms with van der Waals surface area (Å²) in [5.74, 6) is 0.135. The van der Waals surface area contributed by atoms with Crippen molar-refractivity contribution in [3.8, 4) is 0 Å². The summed E-state index contributed by atoms with van der Waals surface area (Å²) in [6.45, 7) is 2.68. The fourth-order valence-electron chi connectivity index (χ4n) is 1.52. The lowest BCUT2D eigenvalue weighted by atomic mass is 10.4. The summed E-state index contributed by atoms with van der Waals surface area (Å²) in [5.41, 5.74) is 5.19. The molecule has 2 rings (SSSR count). The van der Waals surface area contributed by atoms with Gasteiger partial charge in [-0.15, -0.1) is 11.3 Å². The number of nitrogens with zero attached hydrogens (tertiary/aromatic N) is 4. The lowest BCUT2D eigenvalue weighted by molar-refractivity contribution is -0.384. The van der Waals surface area contributed by atoms with Crippen molar-refractivity contribution in [3.05, 3.63) is 32.4 Å². The van der Waals surface area contributed by atoms with Gasteiger partial charge in [0.15, 0.2) is 0 Å². The normalized spacial score (nSPS) is 10.4. The number of nitrogens with two attached hydrogens (primary N) is 1. The molecule has 0 unspecified atom stereocenters. The zero-order valence-electron chi connectivity index (χ0n) is 10.9. The second-order valence-electron chi connectivity index (χ2n) is 3.97. The van der Waals surface area contributed by atoms with Gasteiger partial charge < -0.3 is 11.1 Å². The number of thiazole rings is 1. The molecule has 0 saturated carbocycles. The topological polar surface area (TPSA) is 120 Å². The third-order valence-corrected chi connectivity index (χ3v) is 3.77. The average Bonchev–Trinajstić information content (AvgIpc) is 2.86. The summed E-state index contributed by atoms with van der Waals surface area (Å²) in [6, 6.07) is 0. The fourth-order valence-corrected chi connectivity index (χ4v) is 2.38. The first-order valence-corrected chi connectivity index (χ1v) is 6.86. The van der Waals surface area contributed by atoms with Gasteiger partial charge in [0.25, 0.3) is 0 Å². The molecule has 0 aliphatic heterocycles. The Hall–Kier alpha value is -2.29. The van der Waals surface area contributed by atoms with Crippen LogP contribution in [0, 0.1) is 10.1 Å². The summed E-state index contributed by atoms with van der Waals surface area (Å²) < 4.78 is 0. The van der Waals surface area contributed by atoms with Crippen molar-refractivity contribution in [2.45, 2.75) is 19.8 Å². The molecule has 3 N–H and O–H groups in total. The monoisotopic (exact) mass is 294 g/mol. The first kappa shape index (κ1) is 14.1. The predicted octanol–water partition coefficient (Wildman–Crippen LogP) is 1.64. The number of hydrogen-bond donors (Lipinski definition) is 2. The molecule has 0 radical (unpaired) electrons. The number of anilines is 2. The molecule has 9 heteroatoms. The van der Waals surface area contributed by atoms with Crippen LogP contribution < -0.4 is 11.1 Å². The maximum atomic E-state index is 10.6. The zero-order valence-corrected chi connectivity index (χ0v) is 11.7. The highest BCUT2D eigenvalue weighted by molar-refractivity contribution is 7.11. The quantitative estimate of drug-likeness (QED) is 0.613. The summed E-state index contributed by atoms with van der Waals surface area (Å²) in [7, 11) is 0. The van der Waals surface area contributed by atoms with Crippen molar-refractivity contribution in [3.63, 3.8) is 0 Å². The molecule has 0 aromatic carbocycles. The smallest absolute Gasteiger partial charge is 0.329 e. The van der Waals surface area contributed by atoms with Gasteiger partial charge in [-0.2, -0.15) is 4.98 Å². The average molecular weight is 294 g/mol. The van der Waals surface area contributed by atoms with Crippen LogP contribution in [0.25, 0.3) is 0 Å². The van der Waals surface area contributed by atoms with Crippen LogP contribution in [-0.2, 0) is 12.8 Å². The van der Waals surface area contributed by atoms with E-state index in [-0.39, 0.29) is 17.5 Å². The summed E-state index contributed by atoms with van der Waals surface area (Å²) >= 11 is 1.67. The maximum absolute atomic E-state index is 10.6. The second kappa shape index (κ2) is 6.24. The van der Waals surface area contributed by atoms with Gasteiger partial charge in [-0.25, -0.2) is 9.97 Å². The molecule has 0 bridgehead atoms. The lowest BCUT2D eigenvalue weighted by Crippen LogP contribution is -2.09. The Morgan fingerprint density at radius 1 is 1.45 bits per heavy atom. The number of nitrogens with one attached hydrogen (secondary N) is 1. The van der Waals surface area contributed by atoms with E-state index in [1.165, 1.54) is 4.88 Å². The molecule has 0 saturated heterocycles. The SMILES string of the molecule is CCc1cnc(CCNc2ncc([N+](=O)[O-])c(N)n2)s1. The second-order valence-corrected chi connectivity index (χ2v) is 5.17. The maximum Gasteiger partial charge on any atom is 0.329 e. The van der Waals surface area contributed by atoms with Crippen molar-refractivity contribution in [1.29, 1.82) is 0 Å². The predicted molar refractivity (Wildman–Crippen MR) is 76.8 cm³/mol. The van der Waals surface area contributed by atoms with E-state index in [4.69, 9.17) is 5.73 Å². The van der Waals surface area contributed by atoms with E-state index in [0.717, 1.165) is 24.0 Å². The summed E-state index contributed by atoms with van der Waals surface area (Å²) in [6.07, 6.45) is 4.70. The third-order valence-electron chi connectivity index (χ3n) is 2.57. The zero-order chi connectivity index (χ0) is 14.5. The Labute approximate surface area is 119 Å². The van der Waals surface area contributed by atoms with E-state index in [0.29, 0.717) is 6.54 Å². The molecule has 0 aliphatic carbocycles. The van der Waals surface area contributed by atoms with Crippen molar-refractivity contribution in [2.75, 3.05) is 17.6 Å². The van der Waals surface area contributed by atoms with Gasteiger partial charge in [0, 0.05) is 24.0 Å². The first-order chi connectivity index (χ1) is 9.60. The van der Waals surface area contributed by atoms with Crippen LogP contribution in [-0.4, -0.2) is 26.4 Å². The van der Waals surface area contributed by atoms with Crippen LogP contribution in [0.4, 0.5) is 17.5 Å². The number of nitro groups is 1. The van der Waals surface area contributed by atoms with Gasteiger partial charge >= 0.3 is 5.69 Å². The molecule has 2 aromatic rings. The molecule has 2 aromatic heterocycles. The fraction of sp³-hybridized carbons (Fsp3) is 0.364. The molecule has 8 nitrogen and oxygen atoms in total. The highest BCUT2D eigenvalue weighted by Gasteiger charge is 2.13. The highest BCUT2D eigenvalue weighted by Crippen LogP contribution is 2.18. The van der Waals surface area contributed by atoms with Crippen molar-refractivity contribution < 1.29 is 4.92 Å². The van der Waals surface area contributed by atoms with Crippen LogP contribution in [0.2, 0.25) is 0 Å². The van der Waals surface area contributed by atoms with E-state index < -0.39 is 4.92 Å². The number of nitrogen functional groups attached to an aromatic ring is 1. The Bertz CT molecular complexity index is 615. The summed E-state index contributed by atoms with van der Waals surface area (Å²) in [5, 5.41) is 14.6. The van der Waals surface area contributed by atoms with Gasteiger partial charge in [-0.1, -0.05) is 6.92 Å². The molecule has 0 fully saturated rings. The molecule has 0 aliphatic rings. The van der Waals surface area contributed by atoms with Crippen LogP contribution in [0.15, 0.2) is 12.4 Å². The minimum atomic E-state index is -0.610. The minimum Gasteiger partial charge on any atom is -0.378 e. The van der Waals surface area contributed by atoms with Gasteiger partial charge in [-0.3, -0.25) is 10.1 Å². The van der Waals surface area contributed by atoms with Crippen LogP contribution in [0.3, 0.4) is 0 Å². The molecule has 0 atom stereocenters. The molecular weight excluding hydrogens is 280 g/mol. The molecule has 0 amide bonds. The van der Waals surface area contributed by atoms with E-state index in [2.05, 4.69) is 27.2 Å². The van der Waals surface area contributed by atoms with Crippen LogP contribution >= 0.6 is 11.3 Å². The van der Waals surface area contributed by atoms with Crippen LogP contribution in [0.1, 0.15) is 16.8 Å². The van der Waals surface area contributed by atoms with Gasteiger partial charge in [-0.05, 0) is 6.42 Å². The highest BCUT2D eigenvalue weighted by atomic mass is 32.1. The number of aromatic nitrogens is 3. The van der Waals surface area contributed by atoms with E-state index >= 15 is 0 Å². The Morgan fingerprint density at radius 3 is 2.85 bits per heavy atom. The molecule has 2 heterocycles. The summed E-state index contributed by atoms with van der Waals surface area (Å²) in [4.78, 5) is 23.2. The van der Waals surface area contributed by atoms with Crippen molar-refractivity contribution in [2.24, 2.45) is 0 Å². The Morgan fingerprint density at radius 2 is 2.25 bits per heavy atom. The number of hydrogen-bond acceptors (Lipinski definition) is 8. The van der Waals surface area contributed by atoms with Crippen molar-refractivity contribution >= 4 is 28.8 Å². The Kier molecular flexibility index (Phi) is 4.41. The number of rotatable bonds is 6. The van der Waals surface area contributed by atoms with Gasteiger partial charge in [0.05, 0.1) is 9.93 Å². The largest absolute Gasteiger partial charge is 0.378 e. The minimum absolute atomic E-state index is 0.144. The molecule has 106 valence electrons. The van der Waals surface area contributed by atoms with E-state index in [9.17, 15) is 10.1 Å². The molecule has 0 spiro atoms. The van der Waals surface area contributed by atoms with Gasteiger partial charge in [0.1, 0.15) is 6.20 Å². The third kappa shape index (κ3) is 3.38. The van der Waals surface area contributed by atoms with Gasteiger partial charge in [0.2, 0.25) is 11.8 Å². The van der Waals surface area contributed by atoms with E-state index in [1.54, 1.807) is 11.3 Å². The molecule has 20 heavy (non-hydrogen) atoms. The van der Waals surface area contributed by atoms with E-state index in [1.807, 2.05) is 6.20 Å². The number of aryl methyl sites for hydroxylation is 1. The molecular formula is C11H14N6O2S.